The Morgan fingerprint density at radius 3 is 2.72 bits per heavy atom. The van der Waals surface area contributed by atoms with Crippen LogP contribution in [-0.2, 0) is 11.2 Å². The lowest BCUT2D eigenvalue weighted by Gasteiger charge is -2.21. The summed E-state index contributed by atoms with van der Waals surface area (Å²) >= 11 is 0. The zero-order chi connectivity index (χ0) is 21.2. The van der Waals surface area contributed by atoms with E-state index in [1.807, 2.05) is 0 Å². The van der Waals surface area contributed by atoms with Gasteiger partial charge in [-0.1, -0.05) is 23.7 Å². The second-order valence-electron chi connectivity index (χ2n) is 6.88. The van der Waals surface area contributed by atoms with Crippen LogP contribution in [0.4, 0.5) is 19.7 Å². The van der Waals surface area contributed by atoms with Crippen molar-refractivity contribution in [2.75, 3.05) is 5.32 Å². The number of halogens is 1. The Hall–Kier alpha value is -3.56. The minimum absolute atomic E-state index is 0.101. The Balaban J connectivity index is 1.64. The van der Waals surface area contributed by atoms with Gasteiger partial charge in [-0.3, -0.25) is 4.79 Å². The van der Waals surface area contributed by atoms with Crippen molar-refractivity contribution in [1.29, 1.82) is 0 Å². The molecule has 1 heterocycles. The molecule has 148 valence electrons. The molecule has 2 aromatic rings. The van der Waals surface area contributed by atoms with Gasteiger partial charge in [0.05, 0.1) is 5.69 Å². The molecule has 1 atom stereocenters. The number of phenols is 1. The molecule has 29 heavy (non-hydrogen) atoms. The summed E-state index contributed by atoms with van der Waals surface area (Å²) in [4.78, 5) is 37.0. The molecule has 1 aliphatic heterocycles. The first-order valence-corrected chi connectivity index (χ1v) is 8.75. The van der Waals surface area contributed by atoms with Crippen molar-refractivity contribution < 1.29 is 23.9 Å². The topological polar surface area (TPSA) is 111 Å². The molecule has 1 unspecified atom stereocenters. The van der Waals surface area contributed by atoms with Gasteiger partial charge in [0, 0.05) is 0 Å². The number of amides is 5. The maximum atomic E-state index is 13.8. The second-order valence-corrected chi connectivity index (χ2v) is 6.88. The number of nitrogens with zero attached hydrogens (tertiary/aromatic N) is 1. The third-order valence-corrected chi connectivity index (χ3v) is 4.54. The number of hydrogen-bond acceptors (Lipinski definition) is 4. The zero-order valence-electron chi connectivity index (χ0n) is 15.5. The van der Waals surface area contributed by atoms with Crippen LogP contribution in [0.2, 0.25) is 0 Å². The van der Waals surface area contributed by atoms with E-state index in [9.17, 15) is 23.9 Å². The lowest BCUT2D eigenvalue weighted by atomic mass is 9.93. The van der Waals surface area contributed by atoms with Crippen LogP contribution >= 0.6 is 0 Å². The van der Waals surface area contributed by atoms with E-state index < -0.39 is 29.3 Å². The summed E-state index contributed by atoms with van der Waals surface area (Å²) in [5, 5.41) is 14.8. The van der Waals surface area contributed by atoms with E-state index in [-0.39, 0.29) is 23.3 Å². The molecular weight excluding hydrogens is 378 g/mol. The van der Waals surface area contributed by atoms with Crippen molar-refractivity contribution in [2.24, 2.45) is 0 Å². The van der Waals surface area contributed by atoms with Gasteiger partial charge in [0.25, 0.3) is 5.91 Å². The summed E-state index contributed by atoms with van der Waals surface area (Å²) in [5.74, 6) is -1.31. The number of aromatic hydroxyl groups is 1. The van der Waals surface area contributed by atoms with Crippen LogP contribution in [0, 0.1) is 5.82 Å². The van der Waals surface area contributed by atoms with E-state index in [1.165, 1.54) is 25.1 Å². The van der Waals surface area contributed by atoms with Gasteiger partial charge in [-0.05, 0) is 49.6 Å². The van der Waals surface area contributed by atoms with Crippen molar-refractivity contribution in [3.8, 4) is 5.75 Å². The van der Waals surface area contributed by atoms with E-state index in [4.69, 9.17) is 7.85 Å². The predicted octanol–water partition coefficient (Wildman–Crippen LogP) is 1.30. The van der Waals surface area contributed by atoms with Crippen LogP contribution in [0.25, 0.3) is 0 Å². The summed E-state index contributed by atoms with van der Waals surface area (Å²) in [7, 11) is 5.45. The monoisotopic (exact) mass is 396 g/mol. The molecule has 0 spiro atoms. The van der Waals surface area contributed by atoms with Crippen LogP contribution in [0.15, 0.2) is 42.5 Å². The average molecular weight is 396 g/mol. The highest BCUT2D eigenvalue weighted by Crippen LogP contribution is 2.23. The SMILES string of the molecule is [B]c1ccc(NC(=O)NN2C(=O)NC(C)(CCc3cccc(O)c3)C2=O)c(F)c1. The molecule has 1 aliphatic rings. The molecule has 2 radical (unpaired) electrons. The number of carbonyl (C=O) groups is 3. The summed E-state index contributed by atoms with van der Waals surface area (Å²) in [6, 6.07) is 8.47. The van der Waals surface area contributed by atoms with Gasteiger partial charge in [-0.15, -0.1) is 0 Å². The van der Waals surface area contributed by atoms with Crippen LogP contribution < -0.4 is 21.5 Å². The predicted molar refractivity (Wildman–Crippen MR) is 104 cm³/mol. The third-order valence-electron chi connectivity index (χ3n) is 4.54. The smallest absolute Gasteiger partial charge is 0.344 e. The minimum Gasteiger partial charge on any atom is -0.508 e. The Morgan fingerprint density at radius 1 is 1.28 bits per heavy atom. The van der Waals surface area contributed by atoms with E-state index in [0.717, 1.165) is 11.6 Å². The second kappa shape index (κ2) is 7.82. The fourth-order valence-electron chi connectivity index (χ4n) is 2.95. The Kier molecular flexibility index (Phi) is 5.45. The number of rotatable bonds is 5. The first-order valence-electron chi connectivity index (χ1n) is 8.75. The molecule has 0 aliphatic carbocycles. The van der Waals surface area contributed by atoms with Gasteiger partial charge < -0.3 is 15.7 Å². The number of hydrazine groups is 1. The zero-order valence-corrected chi connectivity index (χ0v) is 15.5. The molecule has 3 rings (SSSR count). The summed E-state index contributed by atoms with van der Waals surface area (Å²) in [5.41, 5.74) is 1.68. The number of phenolic OH excluding ortho intramolecular Hbond substituents is 1. The summed E-state index contributed by atoms with van der Waals surface area (Å²) < 4.78 is 13.8. The van der Waals surface area contributed by atoms with Gasteiger partial charge in [-0.25, -0.2) is 19.4 Å². The minimum atomic E-state index is -1.25. The number of benzene rings is 2. The molecule has 5 amide bonds. The highest BCUT2D eigenvalue weighted by atomic mass is 19.1. The third kappa shape index (κ3) is 4.48. The molecule has 0 aromatic heterocycles. The van der Waals surface area contributed by atoms with Gasteiger partial charge in [0.1, 0.15) is 25.0 Å². The number of anilines is 1. The molecule has 4 N–H and O–H groups in total. The first-order chi connectivity index (χ1) is 13.7. The van der Waals surface area contributed by atoms with Crippen LogP contribution in [0.5, 0.6) is 5.75 Å². The first kappa shape index (κ1) is 20.2. The van der Waals surface area contributed by atoms with E-state index >= 15 is 0 Å². The normalized spacial score (nSPS) is 18.5. The van der Waals surface area contributed by atoms with E-state index in [2.05, 4.69) is 16.1 Å². The fourth-order valence-corrected chi connectivity index (χ4v) is 2.95. The van der Waals surface area contributed by atoms with E-state index in [1.54, 1.807) is 18.2 Å². The van der Waals surface area contributed by atoms with Crippen molar-refractivity contribution in [1.82, 2.24) is 15.8 Å². The Morgan fingerprint density at radius 2 is 2.03 bits per heavy atom. The molecule has 0 saturated carbocycles. The molecule has 0 bridgehead atoms. The molecular formula is C19H18BFN4O4. The molecule has 1 saturated heterocycles. The maximum absolute atomic E-state index is 13.8. The number of imide groups is 1. The van der Waals surface area contributed by atoms with Gasteiger partial charge in [0.15, 0.2) is 0 Å². The van der Waals surface area contributed by atoms with E-state index in [0.29, 0.717) is 11.4 Å². The van der Waals surface area contributed by atoms with Crippen LogP contribution in [-0.4, -0.2) is 41.5 Å². The van der Waals surface area contributed by atoms with Gasteiger partial charge >= 0.3 is 12.1 Å². The van der Waals surface area contributed by atoms with Crippen molar-refractivity contribution in [3.63, 3.8) is 0 Å². The highest BCUT2D eigenvalue weighted by Gasteiger charge is 2.48. The number of urea groups is 2. The van der Waals surface area contributed by atoms with Gasteiger partial charge in [-0.2, -0.15) is 5.01 Å². The number of aryl methyl sites for hydroxylation is 1. The number of hydrogen-bond donors (Lipinski definition) is 4. The van der Waals surface area contributed by atoms with Gasteiger partial charge in [0.2, 0.25) is 0 Å². The summed E-state index contributed by atoms with van der Waals surface area (Å²) in [6.07, 6.45) is 0.654. The molecule has 2 aromatic carbocycles. The largest absolute Gasteiger partial charge is 0.508 e. The lowest BCUT2D eigenvalue weighted by molar-refractivity contribution is -0.132. The molecule has 10 heteroatoms. The Bertz CT molecular complexity index is 986. The van der Waals surface area contributed by atoms with Crippen molar-refractivity contribution in [3.05, 3.63) is 53.8 Å². The molecule has 8 nitrogen and oxygen atoms in total. The standard InChI is InChI=1S/C19H18BFN4O4/c1-19(8-7-11-3-2-4-13(26)9-11)16(27)25(18(29)23-19)24-17(28)22-15-6-5-12(20)10-14(15)21/h2-6,9-10,26H,7-8H2,1H3,(H,23,29)(H2,22,24,28). The van der Waals surface area contributed by atoms with Crippen LogP contribution in [0.3, 0.4) is 0 Å². The summed E-state index contributed by atoms with van der Waals surface area (Å²) in [6.45, 7) is 1.54. The Labute approximate surface area is 167 Å². The highest BCUT2D eigenvalue weighted by molar-refractivity contribution is 6.32. The lowest BCUT2D eigenvalue weighted by Crippen LogP contribution is -2.50. The average Bonchev–Trinajstić information content (AvgIpc) is 2.86. The van der Waals surface area contributed by atoms with Crippen molar-refractivity contribution in [2.45, 2.75) is 25.3 Å². The molecule has 1 fully saturated rings. The number of carbonyl (C=O) groups excluding carboxylic acids is 3. The fraction of sp³-hybridized carbons (Fsp3) is 0.211. The van der Waals surface area contributed by atoms with Crippen molar-refractivity contribution >= 4 is 37.0 Å². The van der Waals surface area contributed by atoms with Crippen LogP contribution in [0.1, 0.15) is 18.9 Å². The number of nitrogens with one attached hydrogen (secondary N) is 3. The quantitative estimate of drug-likeness (QED) is 0.451. The maximum Gasteiger partial charge on any atom is 0.344 e.